The molecule has 2 rings (SSSR count). The van der Waals surface area contributed by atoms with Crippen molar-refractivity contribution in [3.63, 3.8) is 0 Å². The van der Waals surface area contributed by atoms with Crippen molar-refractivity contribution in [1.29, 1.82) is 0 Å². The van der Waals surface area contributed by atoms with Crippen LogP contribution in [0.1, 0.15) is 27.0 Å². The number of anilines is 1. The van der Waals surface area contributed by atoms with Crippen LogP contribution in [0.25, 0.3) is 0 Å². The summed E-state index contributed by atoms with van der Waals surface area (Å²) in [7, 11) is 0. The van der Waals surface area contributed by atoms with Crippen LogP contribution in [0.3, 0.4) is 0 Å². The quantitative estimate of drug-likeness (QED) is 0.453. The minimum Gasteiger partial charge on any atom is -0.455 e. The van der Waals surface area contributed by atoms with Gasteiger partial charge in [0.05, 0.1) is 6.61 Å². The maximum atomic E-state index is 12.2. The number of nitrogen functional groups attached to an aromatic ring is 1. The number of nitrogens with two attached hydrogens (primary N) is 2. The molecule has 0 saturated carbocycles. The number of aliphatic hydroxyl groups is 2. The lowest BCUT2D eigenvalue weighted by Crippen LogP contribution is -2.51. The smallest absolute Gasteiger partial charge is 0.351 e. The Balaban J connectivity index is 2.32. The molecule has 0 aliphatic carbocycles. The molecular formula is C15H24N4O6. The highest BCUT2D eigenvalue weighted by Crippen LogP contribution is 2.39. The third-order valence-corrected chi connectivity index (χ3v) is 4.23. The van der Waals surface area contributed by atoms with E-state index in [2.05, 4.69) is 4.98 Å². The highest BCUT2D eigenvalue weighted by atomic mass is 16.6. The number of aromatic nitrogens is 2. The Labute approximate surface area is 144 Å². The summed E-state index contributed by atoms with van der Waals surface area (Å²) in [6, 6.07) is 0.470. The standard InChI is InChI=1S/C15H24N4O6/c1-7(2)10(17)12(21)25-11-8(6-20)24-13(15(11,3)23)19-5-4-9(16)18-14(19)22/h4-5,7-8,10-11,13,20,23H,6,17H2,1-3H3,(H2,16,18,22)/t8-,10?,11?,13-,15+/m1/s1. The molecule has 0 amide bonds. The Morgan fingerprint density at radius 2 is 2.20 bits per heavy atom. The Morgan fingerprint density at radius 1 is 1.56 bits per heavy atom. The van der Waals surface area contributed by atoms with E-state index in [1.165, 1.54) is 19.2 Å². The van der Waals surface area contributed by atoms with Gasteiger partial charge in [0.15, 0.2) is 12.3 Å². The summed E-state index contributed by atoms with van der Waals surface area (Å²) in [4.78, 5) is 27.8. The van der Waals surface area contributed by atoms with E-state index in [9.17, 15) is 19.8 Å². The topological polar surface area (TPSA) is 163 Å². The van der Waals surface area contributed by atoms with Gasteiger partial charge in [-0.2, -0.15) is 4.98 Å². The van der Waals surface area contributed by atoms with Gasteiger partial charge in [0.2, 0.25) is 0 Å². The van der Waals surface area contributed by atoms with Gasteiger partial charge in [-0.25, -0.2) is 4.79 Å². The fraction of sp³-hybridized carbons (Fsp3) is 0.667. The van der Waals surface area contributed by atoms with Crippen molar-refractivity contribution in [3.05, 3.63) is 22.7 Å². The number of aliphatic hydroxyl groups excluding tert-OH is 1. The molecule has 0 bridgehead atoms. The molecule has 2 unspecified atom stereocenters. The second-order valence-corrected chi connectivity index (χ2v) is 6.60. The maximum Gasteiger partial charge on any atom is 0.351 e. The Morgan fingerprint density at radius 3 is 2.72 bits per heavy atom. The van der Waals surface area contributed by atoms with Crippen LogP contribution in [0, 0.1) is 5.92 Å². The van der Waals surface area contributed by atoms with Gasteiger partial charge in [-0.1, -0.05) is 13.8 Å². The molecule has 0 aromatic carbocycles. The zero-order chi connectivity index (χ0) is 18.9. The lowest BCUT2D eigenvalue weighted by atomic mass is 9.95. The first-order valence-electron chi connectivity index (χ1n) is 7.89. The normalized spacial score (nSPS) is 30.4. The molecule has 5 atom stereocenters. The van der Waals surface area contributed by atoms with Gasteiger partial charge in [0.1, 0.15) is 23.6 Å². The second kappa shape index (κ2) is 7.08. The third-order valence-electron chi connectivity index (χ3n) is 4.23. The minimum atomic E-state index is -1.80. The molecule has 140 valence electrons. The Kier molecular flexibility index (Phi) is 5.47. The molecular weight excluding hydrogens is 332 g/mol. The monoisotopic (exact) mass is 356 g/mol. The first kappa shape index (κ1) is 19.3. The van der Waals surface area contributed by atoms with Crippen LogP contribution >= 0.6 is 0 Å². The highest BCUT2D eigenvalue weighted by molar-refractivity contribution is 5.76. The van der Waals surface area contributed by atoms with Crippen molar-refractivity contribution in [2.24, 2.45) is 11.7 Å². The molecule has 10 nitrogen and oxygen atoms in total. The summed E-state index contributed by atoms with van der Waals surface area (Å²) in [5.74, 6) is -0.888. The van der Waals surface area contributed by atoms with Crippen molar-refractivity contribution in [2.45, 2.75) is 50.8 Å². The first-order valence-corrected chi connectivity index (χ1v) is 7.89. The van der Waals surface area contributed by atoms with Crippen LogP contribution < -0.4 is 17.2 Å². The van der Waals surface area contributed by atoms with Crippen molar-refractivity contribution in [1.82, 2.24) is 9.55 Å². The highest BCUT2D eigenvalue weighted by Gasteiger charge is 2.56. The number of hydrogen-bond acceptors (Lipinski definition) is 9. The van der Waals surface area contributed by atoms with Gasteiger partial charge in [-0.3, -0.25) is 9.36 Å². The Hall–Kier alpha value is -2.01. The van der Waals surface area contributed by atoms with Gasteiger partial charge in [-0.15, -0.1) is 0 Å². The molecule has 10 heteroatoms. The van der Waals surface area contributed by atoms with Crippen LogP contribution in [-0.4, -0.2) is 56.2 Å². The van der Waals surface area contributed by atoms with E-state index in [1.807, 2.05) is 0 Å². The van der Waals surface area contributed by atoms with Crippen LogP contribution in [0.5, 0.6) is 0 Å². The summed E-state index contributed by atoms with van der Waals surface area (Å²) in [5, 5.41) is 20.4. The summed E-state index contributed by atoms with van der Waals surface area (Å²) in [6.07, 6.45) is -2.17. The predicted octanol–water partition coefficient (Wildman–Crippen LogP) is -1.64. The summed E-state index contributed by atoms with van der Waals surface area (Å²) < 4.78 is 11.9. The molecule has 2 heterocycles. The lowest BCUT2D eigenvalue weighted by Gasteiger charge is -2.30. The van der Waals surface area contributed by atoms with E-state index < -0.39 is 48.3 Å². The summed E-state index contributed by atoms with van der Waals surface area (Å²) in [5.41, 5.74) is 8.67. The minimum absolute atomic E-state index is 0.0171. The van der Waals surface area contributed by atoms with E-state index in [4.69, 9.17) is 20.9 Å². The fourth-order valence-electron chi connectivity index (χ4n) is 2.65. The van der Waals surface area contributed by atoms with E-state index in [0.717, 1.165) is 4.57 Å². The fourth-order valence-corrected chi connectivity index (χ4v) is 2.65. The molecule has 1 aromatic rings. The molecule has 25 heavy (non-hydrogen) atoms. The van der Waals surface area contributed by atoms with E-state index in [1.54, 1.807) is 13.8 Å². The average molecular weight is 356 g/mol. The second-order valence-electron chi connectivity index (χ2n) is 6.60. The molecule has 1 aliphatic rings. The van der Waals surface area contributed by atoms with E-state index in [-0.39, 0.29) is 11.7 Å². The molecule has 1 aliphatic heterocycles. The third kappa shape index (κ3) is 3.66. The summed E-state index contributed by atoms with van der Waals surface area (Å²) in [6.45, 7) is 4.32. The van der Waals surface area contributed by atoms with Crippen LogP contribution in [0.15, 0.2) is 17.1 Å². The number of hydrogen-bond donors (Lipinski definition) is 4. The molecule has 6 N–H and O–H groups in total. The predicted molar refractivity (Wildman–Crippen MR) is 87.2 cm³/mol. The van der Waals surface area contributed by atoms with Gasteiger partial charge >= 0.3 is 11.7 Å². The average Bonchev–Trinajstić information content (AvgIpc) is 2.77. The zero-order valence-corrected chi connectivity index (χ0v) is 14.3. The van der Waals surface area contributed by atoms with Gasteiger partial charge in [0, 0.05) is 6.20 Å². The van der Waals surface area contributed by atoms with Crippen molar-refractivity contribution in [2.75, 3.05) is 12.3 Å². The SMILES string of the molecule is CC(C)C(N)C(=O)OC1[C@@H](CO)O[C@@H](n2ccc(N)nc2=O)[C@@]1(C)O. The first-order chi connectivity index (χ1) is 11.6. The maximum absolute atomic E-state index is 12.2. The largest absolute Gasteiger partial charge is 0.455 e. The van der Waals surface area contributed by atoms with Crippen molar-refractivity contribution >= 4 is 11.8 Å². The van der Waals surface area contributed by atoms with Gasteiger partial charge in [-0.05, 0) is 18.9 Å². The Bertz CT molecular complexity index is 689. The van der Waals surface area contributed by atoms with Crippen molar-refractivity contribution in [3.8, 4) is 0 Å². The lowest BCUT2D eigenvalue weighted by molar-refractivity contribution is -0.166. The van der Waals surface area contributed by atoms with Crippen LogP contribution in [-0.2, 0) is 14.3 Å². The van der Waals surface area contributed by atoms with Crippen LogP contribution in [0.2, 0.25) is 0 Å². The molecule has 0 spiro atoms. The van der Waals surface area contributed by atoms with Gasteiger partial charge in [0.25, 0.3) is 0 Å². The summed E-state index contributed by atoms with van der Waals surface area (Å²) >= 11 is 0. The zero-order valence-electron chi connectivity index (χ0n) is 14.3. The van der Waals surface area contributed by atoms with Crippen LogP contribution in [0.4, 0.5) is 5.82 Å². The number of carbonyl (C=O) groups excluding carboxylic acids is 1. The number of ether oxygens (including phenoxy) is 2. The van der Waals surface area contributed by atoms with E-state index >= 15 is 0 Å². The van der Waals surface area contributed by atoms with Gasteiger partial charge < -0.3 is 31.2 Å². The molecule has 0 radical (unpaired) electrons. The number of rotatable bonds is 5. The molecule has 1 aromatic heterocycles. The number of carbonyl (C=O) groups is 1. The van der Waals surface area contributed by atoms with Crippen molar-refractivity contribution < 1.29 is 24.5 Å². The molecule has 1 fully saturated rings. The molecule has 1 saturated heterocycles. The number of esters is 1. The van der Waals surface area contributed by atoms with E-state index in [0.29, 0.717) is 0 Å². The number of nitrogens with zero attached hydrogens (tertiary/aromatic N) is 2.